The van der Waals surface area contributed by atoms with E-state index in [4.69, 9.17) is 21.1 Å². The summed E-state index contributed by atoms with van der Waals surface area (Å²) in [6.07, 6.45) is -0.356. The molecule has 0 spiro atoms. The first-order chi connectivity index (χ1) is 10.5. The Bertz CT molecular complexity index is 775. The van der Waals surface area contributed by atoms with Gasteiger partial charge in [-0.2, -0.15) is 4.31 Å². The second-order valence-corrected chi connectivity index (χ2v) is 8.83. The van der Waals surface area contributed by atoms with Gasteiger partial charge in [0.15, 0.2) is 11.5 Å². The summed E-state index contributed by atoms with van der Waals surface area (Å²) in [5.74, 6) is 1.30. The Morgan fingerprint density at radius 1 is 1.27 bits per heavy atom. The predicted molar refractivity (Wildman–Crippen MR) is 85.5 cm³/mol. The topological polar surface area (TPSA) is 55.8 Å². The first-order valence-electron chi connectivity index (χ1n) is 6.57. The molecule has 1 aliphatic rings. The Labute approximate surface area is 138 Å². The van der Waals surface area contributed by atoms with Crippen LogP contribution in [-0.2, 0) is 10.0 Å². The van der Waals surface area contributed by atoms with E-state index in [0.29, 0.717) is 22.4 Å². The molecule has 0 N–H and O–H groups in total. The molecule has 5 nitrogen and oxygen atoms in total. The fraction of sp³-hybridized carbons (Fsp3) is 0.286. The number of sulfonamides is 1. The number of hydrogen-bond acceptors (Lipinski definition) is 5. The third-order valence-corrected chi connectivity index (χ3v) is 6.76. The smallest absolute Gasteiger partial charge is 0.252 e. The van der Waals surface area contributed by atoms with Gasteiger partial charge in [-0.1, -0.05) is 23.7 Å². The molecular formula is C14H14ClNO4S2. The zero-order chi connectivity index (χ0) is 15.7. The highest BCUT2D eigenvalue weighted by molar-refractivity contribution is 7.91. The summed E-state index contributed by atoms with van der Waals surface area (Å²) in [7, 11) is -2.04. The molecule has 2 aromatic rings. The minimum Gasteiger partial charge on any atom is -0.486 e. The van der Waals surface area contributed by atoms with Crippen molar-refractivity contribution in [3.8, 4) is 11.5 Å². The van der Waals surface area contributed by atoms with Gasteiger partial charge in [-0.3, -0.25) is 0 Å². The minimum atomic E-state index is -3.56. The molecule has 0 amide bonds. The molecule has 0 bridgehead atoms. The maximum absolute atomic E-state index is 12.4. The first-order valence-corrected chi connectivity index (χ1v) is 9.20. The Morgan fingerprint density at radius 2 is 2.00 bits per heavy atom. The minimum absolute atomic E-state index is 0.201. The average Bonchev–Trinajstić information content (AvgIpc) is 2.94. The number of thiophene rings is 1. The van der Waals surface area contributed by atoms with E-state index in [1.807, 2.05) is 18.2 Å². The molecular weight excluding hydrogens is 346 g/mol. The van der Waals surface area contributed by atoms with Crippen LogP contribution in [0.4, 0.5) is 0 Å². The van der Waals surface area contributed by atoms with Crippen molar-refractivity contribution in [2.45, 2.75) is 10.3 Å². The van der Waals surface area contributed by atoms with Crippen molar-refractivity contribution in [2.75, 3.05) is 20.2 Å². The maximum atomic E-state index is 12.4. The molecule has 0 aliphatic carbocycles. The molecule has 3 rings (SSSR count). The third-order valence-electron chi connectivity index (χ3n) is 3.24. The molecule has 22 heavy (non-hydrogen) atoms. The number of hydrogen-bond donors (Lipinski definition) is 0. The van der Waals surface area contributed by atoms with E-state index in [2.05, 4.69) is 0 Å². The Hall–Kier alpha value is -1.28. The number of halogens is 1. The third kappa shape index (κ3) is 3.08. The van der Waals surface area contributed by atoms with E-state index in [0.717, 1.165) is 11.3 Å². The van der Waals surface area contributed by atoms with E-state index in [1.165, 1.54) is 17.4 Å². The first kappa shape index (κ1) is 15.6. The molecule has 0 saturated heterocycles. The number of likely N-dealkylation sites (N-methyl/N-ethyl adjacent to an activating group) is 1. The summed E-state index contributed by atoms with van der Waals surface area (Å²) < 4.78 is 38.2. The fourth-order valence-corrected chi connectivity index (χ4v) is 5.02. The molecule has 0 unspecified atom stereocenters. The maximum Gasteiger partial charge on any atom is 0.252 e. The lowest BCUT2D eigenvalue weighted by molar-refractivity contribution is 0.0799. The lowest BCUT2D eigenvalue weighted by Gasteiger charge is -2.29. The monoisotopic (exact) mass is 359 g/mol. The van der Waals surface area contributed by atoms with E-state index >= 15 is 0 Å². The van der Waals surface area contributed by atoms with Crippen molar-refractivity contribution in [2.24, 2.45) is 0 Å². The van der Waals surface area contributed by atoms with Crippen LogP contribution in [0, 0.1) is 0 Å². The number of fused-ring (bicyclic) bond motifs is 1. The molecule has 0 fully saturated rings. The van der Waals surface area contributed by atoms with E-state index in [9.17, 15) is 8.42 Å². The number of para-hydroxylation sites is 2. The number of benzene rings is 1. The van der Waals surface area contributed by atoms with Crippen LogP contribution < -0.4 is 9.47 Å². The van der Waals surface area contributed by atoms with Gasteiger partial charge in [0.1, 0.15) is 16.9 Å². The van der Waals surface area contributed by atoms with Gasteiger partial charge in [0.2, 0.25) is 0 Å². The summed E-state index contributed by atoms with van der Waals surface area (Å²) >= 11 is 6.85. The van der Waals surface area contributed by atoms with Crippen molar-refractivity contribution in [1.29, 1.82) is 0 Å². The van der Waals surface area contributed by atoms with E-state index in [-0.39, 0.29) is 16.9 Å². The lowest BCUT2D eigenvalue weighted by atomic mass is 10.2. The molecule has 1 aromatic carbocycles. The van der Waals surface area contributed by atoms with Crippen molar-refractivity contribution in [3.63, 3.8) is 0 Å². The Kier molecular flexibility index (Phi) is 4.31. The summed E-state index contributed by atoms with van der Waals surface area (Å²) in [6, 6.07) is 10.4. The van der Waals surface area contributed by atoms with Crippen LogP contribution in [0.2, 0.25) is 4.34 Å². The largest absolute Gasteiger partial charge is 0.486 e. The highest BCUT2D eigenvalue weighted by atomic mass is 35.5. The Morgan fingerprint density at radius 3 is 2.68 bits per heavy atom. The van der Waals surface area contributed by atoms with Gasteiger partial charge < -0.3 is 9.47 Å². The van der Waals surface area contributed by atoms with Crippen LogP contribution >= 0.6 is 22.9 Å². The van der Waals surface area contributed by atoms with Crippen molar-refractivity contribution in [3.05, 3.63) is 40.7 Å². The molecule has 1 aliphatic heterocycles. The molecule has 0 saturated carbocycles. The van der Waals surface area contributed by atoms with Crippen LogP contribution in [0.15, 0.2) is 40.6 Å². The van der Waals surface area contributed by atoms with Crippen molar-refractivity contribution >= 4 is 33.0 Å². The van der Waals surface area contributed by atoms with Crippen molar-refractivity contribution in [1.82, 2.24) is 4.31 Å². The molecule has 118 valence electrons. The van der Waals surface area contributed by atoms with Gasteiger partial charge >= 0.3 is 0 Å². The SMILES string of the molecule is CN(C[C@@H]1COc2ccccc2O1)S(=O)(=O)c1ccc(Cl)s1. The van der Waals surface area contributed by atoms with Gasteiger partial charge in [0, 0.05) is 7.05 Å². The zero-order valence-corrected chi connectivity index (χ0v) is 14.1. The van der Waals surface area contributed by atoms with E-state index < -0.39 is 10.0 Å². The van der Waals surface area contributed by atoms with Crippen LogP contribution in [0.5, 0.6) is 11.5 Å². The number of ether oxygens (including phenoxy) is 2. The summed E-state index contributed by atoms with van der Waals surface area (Å²) in [5, 5.41) is 0. The standard InChI is InChI=1S/C14H14ClNO4S2/c1-16(22(17,18)14-7-6-13(15)21-14)8-10-9-19-11-4-2-3-5-12(11)20-10/h2-7,10H,8-9H2,1H3/t10-/m1/s1. The van der Waals surface area contributed by atoms with Gasteiger partial charge in [0.05, 0.1) is 10.9 Å². The highest BCUT2D eigenvalue weighted by Gasteiger charge is 2.28. The molecule has 0 radical (unpaired) electrons. The Balaban J connectivity index is 1.71. The fourth-order valence-electron chi connectivity index (χ4n) is 2.13. The highest BCUT2D eigenvalue weighted by Crippen LogP contribution is 2.32. The summed E-state index contributed by atoms with van der Waals surface area (Å²) in [5.41, 5.74) is 0. The molecule has 8 heteroatoms. The van der Waals surface area contributed by atoms with Gasteiger partial charge in [-0.25, -0.2) is 8.42 Å². The number of nitrogens with zero attached hydrogens (tertiary/aromatic N) is 1. The second kappa shape index (κ2) is 6.08. The predicted octanol–water partition coefficient (Wildman–Crippen LogP) is 2.86. The average molecular weight is 360 g/mol. The normalized spacial score (nSPS) is 17.7. The van der Waals surface area contributed by atoms with E-state index in [1.54, 1.807) is 12.1 Å². The molecule has 1 aromatic heterocycles. The lowest BCUT2D eigenvalue weighted by Crippen LogP contribution is -2.41. The summed E-state index contributed by atoms with van der Waals surface area (Å²) in [4.78, 5) is 0. The molecule has 1 atom stereocenters. The number of rotatable bonds is 4. The van der Waals surface area contributed by atoms with Crippen molar-refractivity contribution < 1.29 is 17.9 Å². The van der Waals surface area contributed by atoms with Gasteiger partial charge in [-0.15, -0.1) is 11.3 Å². The zero-order valence-electron chi connectivity index (χ0n) is 11.7. The quantitative estimate of drug-likeness (QED) is 0.842. The molecule has 2 heterocycles. The van der Waals surface area contributed by atoms with Crippen LogP contribution in [0.1, 0.15) is 0 Å². The van der Waals surface area contributed by atoms with Gasteiger partial charge in [0.25, 0.3) is 10.0 Å². The van der Waals surface area contributed by atoms with Crippen LogP contribution in [0.3, 0.4) is 0 Å². The van der Waals surface area contributed by atoms with Gasteiger partial charge in [-0.05, 0) is 24.3 Å². The van der Waals surface area contributed by atoms with Crippen LogP contribution in [0.25, 0.3) is 0 Å². The second-order valence-electron chi connectivity index (χ2n) is 4.84. The van der Waals surface area contributed by atoms with Crippen LogP contribution in [-0.4, -0.2) is 39.0 Å². The summed E-state index contributed by atoms with van der Waals surface area (Å²) in [6.45, 7) is 0.508.